The van der Waals surface area contributed by atoms with Gasteiger partial charge in [0.1, 0.15) is 4.90 Å². The van der Waals surface area contributed by atoms with Crippen LogP contribution in [0, 0.1) is 17.0 Å². The summed E-state index contributed by atoms with van der Waals surface area (Å²) >= 11 is 6.13. The zero-order chi connectivity index (χ0) is 21.2. The van der Waals surface area contributed by atoms with Gasteiger partial charge in [0.25, 0.3) is 11.6 Å². The monoisotopic (exact) mass is 437 g/mol. The number of nitrogens with one attached hydrogen (secondary N) is 1. The number of nitrogens with zero attached hydrogens (tertiary/aromatic N) is 2. The van der Waals surface area contributed by atoms with Gasteiger partial charge < -0.3 is 5.32 Å². The van der Waals surface area contributed by atoms with Crippen molar-refractivity contribution in [1.29, 1.82) is 0 Å². The minimum atomic E-state index is -3.82. The van der Waals surface area contributed by atoms with Gasteiger partial charge in [0.15, 0.2) is 0 Å². The van der Waals surface area contributed by atoms with Crippen molar-refractivity contribution in [3.05, 3.63) is 62.7 Å². The molecule has 0 spiro atoms. The fourth-order valence-electron chi connectivity index (χ4n) is 3.14. The predicted octanol–water partition coefficient (Wildman–Crippen LogP) is 3.98. The van der Waals surface area contributed by atoms with Crippen molar-refractivity contribution in [1.82, 2.24) is 4.31 Å². The molecule has 2 aromatic rings. The molecular formula is C19H20ClN3O5S. The third kappa shape index (κ3) is 4.58. The summed E-state index contributed by atoms with van der Waals surface area (Å²) in [6.45, 7) is 2.54. The fraction of sp³-hybridized carbons (Fsp3) is 0.316. The highest BCUT2D eigenvalue weighted by atomic mass is 35.5. The maximum atomic E-state index is 12.9. The number of nitro benzene ring substituents is 1. The number of sulfonamides is 1. The zero-order valence-electron chi connectivity index (χ0n) is 15.7. The molecule has 1 saturated heterocycles. The normalized spacial score (nSPS) is 15.1. The largest absolute Gasteiger partial charge is 0.321 e. The number of benzene rings is 2. The van der Waals surface area contributed by atoms with Crippen LogP contribution in [0.25, 0.3) is 0 Å². The van der Waals surface area contributed by atoms with Gasteiger partial charge in [-0.2, -0.15) is 4.31 Å². The SMILES string of the molecule is Cc1ccc([N+](=O)[O-])cc1NC(=O)c1ccc(Cl)c(S(=O)(=O)N2CCCCC2)c1. The van der Waals surface area contributed by atoms with E-state index in [0.29, 0.717) is 18.7 Å². The lowest BCUT2D eigenvalue weighted by molar-refractivity contribution is -0.384. The quantitative estimate of drug-likeness (QED) is 0.561. The van der Waals surface area contributed by atoms with Gasteiger partial charge in [0.05, 0.1) is 15.6 Å². The van der Waals surface area contributed by atoms with Crippen LogP contribution in [0.5, 0.6) is 0 Å². The van der Waals surface area contributed by atoms with E-state index in [4.69, 9.17) is 11.6 Å². The number of anilines is 1. The molecular weight excluding hydrogens is 418 g/mol. The van der Waals surface area contributed by atoms with E-state index in [1.54, 1.807) is 6.92 Å². The van der Waals surface area contributed by atoms with Crippen LogP contribution in [0.15, 0.2) is 41.3 Å². The Bertz CT molecular complexity index is 1070. The van der Waals surface area contributed by atoms with Crippen molar-refractivity contribution in [3.63, 3.8) is 0 Å². The first kappa shape index (κ1) is 21.2. The molecule has 0 atom stereocenters. The molecule has 0 saturated carbocycles. The molecule has 0 aromatic heterocycles. The second kappa shape index (κ2) is 8.48. The van der Waals surface area contributed by atoms with Gasteiger partial charge >= 0.3 is 0 Å². The third-order valence-corrected chi connectivity index (χ3v) is 7.19. The molecule has 0 radical (unpaired) electrons. The van der Waals surface area contributed by atoms with Crippen molar-refractivity contribution >= 4 is 38.9 Å². The highest BCUT2D eigenvalue weighted by Crippen LogP contribution is 2.29. The molecule has 1 aliphatic rings. The number of aryl methyl sites for hydroxylation is 1. The summed E-state index contributed by atoms with van der Waals surface area (Å²) in [5.41, 5.74) is 0.852. The van der Waals surface area contributed by atoms with Crippen LogP contribution < -0.4 is 5.32 Å². The predicted molar refractivity (Wildman–Crippen MR) is 110 cm³/mol. The van der Waals surface area contributed by atoms with Crippen LogP contribution in [-0.2, 0) is 10.0 Å². The van der Waals surface area contributed by atoms with Crippen LogP contribution in [0.2, 0.25) is 5.02 Å². The van der Waals surface area contributed by atoms with Gasteiger partial charge in [-0.25, -0.2) is 8.42 Å². The molecule has 1 aliphatic heterocycles. The van der Waals surface area contributed by atoms with Gasteiger partial charge in [0.2, 0.25) is 10.0 Å². The Labute approximate surface area is 173 Å². The summed E-state index contributed by atoms with van der Waals surface area (Å²) < 4.78 is 27.3. The molecule has 3 rings (SSSR count). The smallest absolute Gasteiger partial charge is 0.271 e. The molecule has 0 bridgehead atoms. The van der Waals surface area contributed by atoms with Gasteiger partial charge in [-0.15, -0.1) is 0 Å². The van der Waals surface area contributed by atoms with Gasteiger partial charge in [-0.1, -0.05) is 24.1 Å². The molecule has 10 heteroatoms. The summed E-state index contributed by atoms with van der Waals surface area (Å²) in [7, 11) is -3.82. The summed E-state index contributed by atoms with van der Waals surface area (Å²) in [6.07, 6.45) is 2.54. The Balaban J connectivity index is 1.90. The number of amides is 1. The first-order valence-corrected chi connectivity index (χ1v) is 10.9. The first-order chi connectivity index (χ1) is 13.7. The lowest BCUT2D eigenvalue weighted by Crippen LogP contribution is -2.35. The van der Waals surface area contributed by atoms with E-state index >= 15 is 0 Å². The molecule has 8 nitrogen and oxygen atoms in total. The molecule has 0 unspecified atom stereocenters. The van der Waals surface area contributed by atoms with E-state index < -0.39 is 20.9 Å². The highest BCUT2D eigenvalue weighted by molar-refractivity contribution is 7.89. The molecule has 0 aliphatic carbocycles. The standard InChI is InChI=1S/C19H20ClN3O5S/c1-13-5-7-15(23(25)26)12-17(13)21-19(24)14-6-8-16(20)18(11-14)29(27,28)22-9-3-2-4-10-22/h5-8,11-12H,2-4,9-10H2,1H3,(H,21,24). The Hall–Kier alpha value is -2.49. The topological polar surface area (TPSA) is 110 Å². The van der Waals surface area contributed by atoms with Crippen LogP contribution in [-0.4, -0.2) is 36.6 Å². The Kier molecular flexibility index (Phi) is 6.21. The van der Waals surface area contributed by atoms with E-state index in [1.165, 1.54) is 40.7 Å². The number of non-ortho nitro benzene ring substituents is 1. The molecule has 154 valence electrons. The van der Waals surface area contributed by atoms with Crippen molar-refractivity contribution < 1.29 is 18.1 Å². The van der Waals surface area contributed by atoms with E-state index in [2.05, 4.69) is 5.32 Å². The van der Waals surface area contributed by atoms with Crippen LogP contribution in [0.3, 0.4) is 0 Å². The number of hydrogen-bond acceptors (Lipinski definition) is 5. The third-order valence-electron chi connectivity index (χ3n) is 4.81. The lowest BCUT2D eigenvalue weighted by atomic mass is 10.1. The summed E-state index contributed by atoms with van der Waals surface area (Å²) in [5, 5.41) is 13.6. The average Bonchev–Trinajstić information content (AvgIpc) is 2.70. The lowest BCUT2D eigenvalue weighted by Gasteiger charge is -2.26. The number of nitro groups is 1. The van der Waals surface area contributed by atoms with E-state index in [1.807, 2.05) is 0 Å². The van der Waals surface area contributed by atoms with Gasteiger partial charge in [0, 0.05) is 30.8 Å². The Morgan fingerprint density at radius 3 is 2.48 bits per heavy atom. The number of carbonyl (C=O) groups is 1. The number of carbonyl (C=O) groups excluding carboxylic acids is 1. The average molecular weight is 438 g/mol. The van der Waals surface area contributed by atoms with Gasteiger partial charge in [-0.3, -0.25) is 14.9 Å². The second-order valence-corrected chi connectivity index (χ2v) is 9.13. The van der Waals surface area contributed by atoms with Gasteiger partial charge in [-0.05, 0) is 43.5 Å². The van der Waals surface area contributed by atoms with E-state index in [-0.39, 0.29) is 26.9 Å². The van der Waals surface area contributed by atoms with Crippen LogP contribution in [0.1, 0.15) is 35.2 Å². The first-order valence-electron chi connectivity index (χ1n) is 9.06. The fourth-order valence-corrected chi connectivity index (χ4v) is 5.16. The zero-order valence-corrected chi connectivity index (χ0v) is 17.3. The minimum absolute atomic E-state index is 0.0404. The number of piperidine rings is 1. The van der Waals surface area contributed by atoms with Crippen LogP contribution >= 0.6 is 11.6 Å². The maximum Gasteiger partial charge on any atom is 0.271 e. The van der Waals surface area contributed by atoms with Crippen molar-refractivity contribution in [2.45, 2.75) is 31.1 Å². The number of hydrogen-bond donors (Lipinski definition) is 1. The second-order valence-electron chi connectivity index (χ2n) is 6.82. The summed E-state index contributed by atoms with van der Waals surface area (Å²) in [4.78, 5) is 23.0. The van der Waals surface area contributed by atoms with E-state index in [0.717, 1.165) is 19.3 Å². The highest BCUT2D eigenvalue weighted by Gasteiger charge is 2.29. The summed E-state index contributed by atoms with van der Waals surface area (Å²) in [5.74, 6) is -0.583. The molecule has 1 heterocycles. The molecule has 1 N–H and O–H groups in total. The molecule has 1 fully saturated rings. The number of rotatable bonds is 5. The molecule has 1 amide bonds. The van der Waals surface area contributed by atoms with Crippen molar-refractivity contribution in [3.8, 4) is 0 Å². The Morgan fingerprint density at radius 2 is 1.83 bits per heavy atom. The minimum Gasteiger partial charge on any atom is -0.321 e. The maximum absolute atomic E-state index is 12.9. The number of halogens is 1. The summed E-state index contributed by atoms with van der Waals surface area (Å²) in [6, 6.07) is 8.16. The molecule has 2 aromatic carbocycles. The molecule has 29 heavy (non-hydrogen) atoms. The van der Waals surface area contributed by atoms with E-state index in [9.17, 15) is 23.3 Å². The van der Waals surface area contributed by atoms with Crippen LogP contribution in [0.4, 0.5) is 11.4 Å². The Morgan fingerprint density at radius 1 is 1.14 bits per heavy atom. The van der Waals surface area contributed by atoms with Crippen molar-refractivity contribution in [2.75, 3.05) is 18.4 Å². The van der Waals surface area contributed by atoms with Crippen molar-refractivity contribution in [2.24, 2.45) is 0 Å².